The zero-order valence-corrected chi connectivity index (χ0v) is 21.4. The second-order valence-electron chi connectivity index (χ2n) is 10.6. The van der Waals surface area contributed by atoms with Gasteiger partial charge in [0, 0.05) is 31.9 Å². The van der Waals surface area contributed by atoms with Gasteiger partial charge in [0.2, 0.25) is 0 Å². The molecular weight excluding hydrogens is 445 g/mol. The zero-order chi connectivity index (χ0) is 25.0. The van der Waals surface area contributed by atoms with Crippen molar-refractivity contribution in [3.63, 3.8) is 0 Å². The summed E-state index contributed by atoms with van der Waals surface area (Å²) < 4.78 is 41.6. The summed E-state index contributed by atoms with van der Waals surface area (Å²) in [7, 11) is 0. The summed E-state index contributed by atoms with van der Waals surface area (Å²) >= 11 is 0. The number of hydrogen-bond acceptors (Lipinski definition) is 2. The zero-order valence-electron chi connectivity index (χ0n) is 21.4. The lowest BCUT2D eigenvalue weighted by atomic mass is 9.81. The van der Waals surface area contributed by atoms with E-state index < -0.39 is 11.7 Å². The number of nitrogens with zero attached hydrogens (tertiary/aromatic N) is 2. The fourth-order valence-electron chi connectivity index (χ4n) is 5.75. The Bertz CT molecular complexity index is 1030. The molecule has 190 valence electrons. The number of likely N-dealkylation sites (tertiary alicyclic amines) is 1. The largest absolute Gasteiger partial charge is 0.416 e. The van der Waals surface area contributed by atoms with Gasteiger partial charge in [0.05, 0.1) is 5.56 Å². The first-order valence-electron chi connectivity index (χ1n) is 13.3. The maximum Gasteiger partial charge on any atom is 0.416 e. The second-order valence-corrected chi connectivity index (χ2v) is 10.6. The highest BCUT2D eigenvalue weighted by atomic mass is 19.4. The first-order chi connectivity index (χ1) is 16.7. The average molecular weight is 485 g/mol. The molecule has 0 atom stereocenters. The van der Waals surface area contributed by atoms with E-state index in [0.717, 1.165) is 62.3 Å². The minimum Gasteiger partial charge on any atom is -0.298 e. The molecule has 2 aromatic carbocycles. The molecule has 4 rings (SSSR count). The van der Waals surface area contributed by atoms with E-state index in [1.807, 2.05) is 13.0 Å². The van der Waals surface area contributed by atoms with Crippen LogP contribution in [-0.4, -0.2) is 30.2 Å². The Balaban J connectivity index is 1.42. The van der Waals surface area contributed by atoms with Gasteiger partial charge < -0.3 is 0 Å². The van der Waals surface area contributed by atoms with Gasteiger partial charge in [-0.3, -0.25) is 9.89 Å². The van der Waals surface area contributed by atoms with Gasteiger partial charge in [0.15, 0.2) is 0 Å². The van der Waals surface area contributed by atoms with Crippen LogP contribution >= 0.6 is 0 Å². The molecule has 0 radical (unpaired) electrons. The van der Waals surface area contributed by atoms with Gasteiger partial charge >= 0.3 is 6.18 Å². The summed E-state index contributed by atoms with van der Waals surface area (Å²) in [6, 6.07) is 11.6. The molecule has 1 saturated carbocycles. The quantitative estimate of drug-likeness (QED) is 0.349. The van der Waals surface area contributed by atoms with Crippen molar-refractivity contribution >= 4 is 5.71 Å². The van der Waals surface area contributed by atoms with Crippen LogP contribution in [0.3, 0.4) is 0 Å². The summed E-state index contributed by atoms with van der Waals surface area (Å²) in [4.78, 5) is 7.20. The first-order valence-corrected chi connectivity index (χ1v) is 13.3. The maximum absolute atomic E-state index is 13.9. The molecule has 0 amide bonds. The lowest BCUT2D eigenvalue weighted by Gasteiger charge is -2.37. The van der Waals surface area contributed by atoms with Gasteiger partial charge in [-0.2, -0.15) is 13.2 Å². The summed E-state index contributed by atoms with van der Waals surface area (Å²) in [5.74, 6) is 0.833. The minimum atomic E-state index is -4.31. The number of aryl methyl sites for hydroxylation is 1. The number of rotatable bonds is 8. The molecule has 0 aromatic heterocycles. The van der Waals surface area contributed by atoms with Crippen molar-refractivity contribution in [2.24, 2.45) is 10.9 Å². The van der Waals surface area contributed by atoms with Gasteiger partial charge in [-0.1, -0.05) is 57.4 Å². The number of benzene rings is 2. The van der Waals surface area contributed by atoms with E-state index in [9.17, 15) is 13.2 Å². The third kappa shape index (κ3) is 6.55. The van der Waals surface area contributed by atoms with Crippen molar-refractivity contribution in [3.05, 3.63) is 69.8 Å². The Morgan fingerprint density at radius 1 is 1.00 bits per heavy atom. The summed E-state index contributed by atoms with van der Waals surface area (Å²) in [6.45, 7) is 10.3. The molecule has 2 aliphatic rings. The molecule has 2 aromatic rings. The number of halogens is 3. The van der Waals surface area contributed by atoms with Crippen molar-refractivity contribution in [1.82, 2.24) is 4.90 Å². The maximum atomic E-state index is 13.9. The summed E-state index contributed by atoms with van der Waals surface area (Å²) in [6.07, 6.45) is 2.08. The predicted octanol–water partition coefficient (Wildman–Crippen LogP) is 7.82. The van der Waals surface area contributed by atoms with E-state index in [1.165, 1.54) is 30.3 Å². The Hall–Kier alpha value is -2.14. The third-order valence-corrected chi connectivity index (χ3v) is 7.76. The molecule has 35 heavy (non-hydrogen) atoms. The van der Waals surface area contributed by atoms with E-state index in [-0.39, 0.29) is 5.92 Å². The van der Waals surface area contributed by atoms with Crippen molar-refractivity contribution in [1.29, 1.82) is 0 Å². The molecule has 5 heteroatoms. The fourth-order valence-corrected chi connectivity index (χ4v) is 5.75. The summed E-state index contributed by atoms with van der Waals surface area (Å²) in [5.41, 5.74) is 5.54. The lowest BCUT2D eigenvalue weighted by molar-refractivity contribution is -0.138. The molecule has 2 nitrogen and oxygen atoms in total. The molecule has 1 aliphatic carbocycles. The van der Waals surface area contributed by atoms with E-state index in [0.29, 0.717) is 24.1 Å². The number of hydrogen-bond donors (Lipinski definition) is 0. The van der Waals surface area contributed by atoms with Crippen LogP contribution in [0, 0.1) is 5.92 Å². The minimum absolute atomic E-state index is 0.0370. The number of aliphatic imine (C=N–C) groups is 1. The highest BCUT2D eigenvalue weighted by Gasteiger charge is 2.35. The van der Waals surface area contributed by atoms with Crippen molar-refractivity contribution in [2.75, 3.05) is 19.6 Å². The molecule has 2 fully saturated rings. The second kappa shape index (κ2) is 11.3. The van der Waals surface area contributed by atoms with Gasteiger partial charge in [0.25, 0.3) is 0 Å². The van der Waals surface area contributed by atoms with Gasteiger partial charge in [-0.25, -0.2) is 0 Å². The SMILES string of the molecule is CCc1cc(/C(C)=N/CCc2ccc(C3CCCCC3)c(C(F)(F)F)c2)ccc1CN1CC(C)C1. The molecule has 0 unspecified atom stereocenters. The van der Waals surface area contributed by atoms with Crippen LogP contribution in [0.5, 0.6) is 0 Å². The molecule has 0 bridgehead atoms. The van der Waals surface area contributed by atoms with E-state index in [4.69, 9.17) is 4.99 Å². The monoisotopic (exact) mass is 484 g/mol. The standard InChI is InChI=1S/C30H39F3N2/c1-4-24-17-26(11-12-27(24)20-35-18-21(2)19-35)22(3)34-15-14-23-10-13-28(25-8-6-5-7-9-25)29(16-23)30(31,32)33/h10-13,16-17,21,25H,4-9,14-15,18-20H2,1-3H3/b34-22+. The van der Waals surface area contributed by atoms with Crippen LogP contribution < -0.4 is 0 Å². The van der Waals surface area contributed by atoms with Crippen molar-refractivity contribution < 1.29 is 13.2 Å². The smallest absolute Gasteiger partial charge is 0.298 e. The molecule has 1 heterocycles. The fraction of sp³-hybridized carbons (Fsp3) is 0.567. The van der Waals surface area contributed by atoms with Crippen LogP contribution in [0.2, 0.25) is 0 Å². The van der Waals surface area contributed by atoms with Gasteiger partial charge in [0.1, 0.15) is 0 Å². The molecular formula is C30H39F3N2. The molecule has 0 N–H and O–H groups in total. The van der Waals surface area contributed by atoms with E-state index in [2.05, 4.69) is 36.9 Å². The lowest BCUT2D eigenvalue weighted by Crippen LogP contribution is -2.44. The Labute approximate surface area is 208 Å². The van der Waals surface area contributed by atoms with Crippen LogP contribution in [0.4, 0.5) is 13.2 Å². The highest BCUT2D eigenvalue weighted by Crippen LogP contribution is 2.41. The van der Waals surface area contributed by atoms with Crippen molar-refractivity contribution in [3.8, 4) is 0 Å². The topological polar surface area (TPSA) is 15.6 Å². The first kappa shape index (κ1) is 25.9. The van der Waals surface area contributed by atoms with Gasteiger partial charge in [-0.15, -0.1) is 0 Å². The van der Waals surface area contributed by atoms with Crippen molar-refractivity contribution in [2.45, 2.75) is 84.4 Å². The Morgan fingerprint density at radius 2 is 1.74 bits per heavy atom. The van der Waals surface area contributed by atoms with Crippen LogP contribution in [0.15, 0.2) is 41.4 Å². The van der Waals surface area contributed by atoms with E-state index in [1.54, 1.807) is 6.07 Å². The molecule has 1 aliphatic heterocycles. The Kier molecular flexibility index (Phi) is 8.36. The molecule has 0 spiro atoms. The average Bonchev–Trinajstić information content (AvgIpc) is 2.83. The number of alkyl halides is 3. The third-order valence-electron chi connectivity index (χ3n) is 7.76. The molecule has 1 saturated heterocycles. The summed E-state index contributed by atoms with van der Waals surface area (Å²) in [5, 5.41) is 0. The van der Waals surface area contributed by atoms with E-state index >= 15 is 0 Å². The van der Waals surface area contributed by atoms with Crippen LogP contribution in [0.1, 0.15) is 92.2 Å². The highest BCUT2D eigenvalue weighted by molar-refractivity contribution is 5.98. The Morgan fingerprint density at radius 3 is 2.40 bits per heavy atom. The van der Waals surface area contributed by atoms with Gasteiger partial charge in [-0.05, 0) is 84.4 Å². The van der Waals surface area contributed by atoms with Crippen LogP contribution in [0.25, 0.3) is 0 Å². The normalized spacial score (nSPS) is 18.6. The van der Waals surface area contributed by atoms with Crippen LogP contribution in [-0.2, 0) is 25.6 Å². The predicted molar refractivity (Wildman–Crippen MR) is 138 cm³/mol.